The summed E-state index contributed by atoms with van der Waals surface area (Å²) in [6.07, 6.45) is 1.15. The SMILES string of the molecule is Cc1ccccc1C(c1ccc(Cl)cc1Cl)N1CCCNCC1. The summed E-state index contributed by atoms with van der Waals surface area (Å²) in [5.74, 6) is 0. The highest BCUT2D eigenvalue weighted by Gasteiger charge is 2.26. The lowest BCUT2D eigenvalue weighted by Crippen LogP contribution is -2.33. The molecule has 3 rings (SSSR count). The number of nitrogens with one attached hydrogen (secondary N) is 1. The van der Waals surface area contributed by atoms with Crippen LogP contribution in [0.25, 0.3) is 0 Å². The molecule has 1 fully saturated rings. The molecule has 1 aliphatic rings. The van der Waals surface area contributed by atoms with E-state index in [1.54, 1.807) is 0 Å². The standard InChI is InChI=1S/C19H22Cl2N2/c1-14-5-2-3-6-16(14)19(23-11-4-9-22-10-12-23)17-8-7-15(20)13-18(17)21/h2-3,5-8,13,19,22H,4,9-12H2,1H3. The Balaban J connectivity index is 2.07. The van der Waals surface area contributed by atoms with Crippen LogP contribution in [0.4, 0.5) is 0 Å². The Morgan fingerprint density at radius 1 is 1.00 bits per heavy atom. The van der Waals surface area contributed by atoms with E-state index in [-0.39, 0.29) is 6.04 Å². The van der Waals surface area contributed by atoms with Gasteiger partial charge in [-0.2, -0.15) is 0 Å². The quantitative estimate of drug-likeness (QED) is 0.865. The molecule has 0 aliphatic carbocycles. The summed E-state index contributed by atoms with van der Waals surface area (Å²) in [5.41, 5.74) is 3.74. The van der Waals surface area contributed by atoms with E-state index in [2.05, 4.69) is 47.5 Å². The molecule has 0 amide bonds. The molecule has 2 nitrogen and oxygen atoms in total. The molecular formula is C19H22Cl2N2. The van der Waals surface area contributed by atoms with Crippen molar-refractivity contribution in [2.24, 2.45) is 0 Å². The Morgan fingerprint density at radius 2 is 1.83 bits per heavy atom. The van der Waals surface area contributed by atoms with Gasteiger partial charge in [-0.05, 0) is 48.7 Å². The normalized spacial score (nSPS) is 17.7. The van der Waals surface area contributed by atoms with Crippen molar-refractivity contribution in [2.45, 2.75) is 19.4 Å². The second-order valence-electron chi connectivity index (χ2n) is 6.06. The molecule has 0 saturated carbocycles. The number of aryl methyl sites for hydroxylation is 1. The van der Waals surface area contributed by atoms with Crippen LogP contribution in [0.15, 0.2) is 42.5 Å². The maximum absolute atomic E-state index is 6.56. The van der Waals surface area contributed by atoms with Gasteiger partial charge in [-0.3, -0.25) is 4.90 Å². The van der Waals surface area contributed by atoms with Crippen molar-refractivity contribution in [2.75, 3.05) is 26.2 Å². The van der Waals surface area contributed by atoms with Gasteiger partial charge in [0.1, 0.15) is 0 Å². The first-order chi connectivity index (χ1) is 11.2. The van der Waals surface area contributed by atoms with Gasteiger partial charge in [0.05, 0.1) is 6.04 Å². The molecule has 1 heterocycles. The van der Waals surface area contributed by atoms with E-state index in [9.17, 15) is 0 Å². The third-order valence-corrected chi connectivity index (χ3v) is 5.04. The molecule has 1 unspecified atom stereocenters. The van der Waals surface area contributed by atoms with Crippen LogP contribution in [0, 0.1) is 6.92 Å². The predicted molar refractivity (Wildman–Crippen MR) is 98.5 cm³/mol. The molecule has 23 heavy (non-hydrogen) atoms. The van der Waals surface area contributed by atoms with Crippen molar-refractivity contribution in [3.05, 3.63) is 69.2 Å². The minimum atomic E-state index is 0.167. The molecule has 0 aromatic heterocycles. The van der Waals surface area contributed by atoms with Crippen LogP contribution in [0.3, 0.4) is 0 Å². The lowest BCUT2D eigenvalue weighted by atomic mass is 9.93. The Bertz CT molecular complexity index is 664. The van der Waals surface area contributed by atoms with Crippen LogP contribution in [0.1, 0.15) is 29.2 Å². The maximum Gasteiger partial charge on any atom is 0.0619 e. The fourth-order valence-corrected chi connectivity index (χ4v) is 3.81. The van der Waals surface area contributed by atoms with Crippen LogP contribution in [0.2, 0.25) is 10.0 Å². The van der Waals surface area contributed by atoms with Crippen LogP contribution >= 0.6 is 23.2 Å². The van der Waals surface area contributed by atoms with Crippen molar-refractivity contribution >= 4 is 23.2 Å². The molecule has 1 N–H and O–H groups in total. The molecule has 1 atom stereocenters. The van der Waals surface area contributed by atoms with Crippen molar-refractivity contribution in [3.8, 4) is 0 Å². The van der Waals surface area contributed by atoms with Gasteiger partial charge in [0.2, 0.25) is 0 Å². The summed E-state index contributed by atoms with van der Waals surface area (Å²) in [6, 6.07) is 14.6. The molecule has 1 aliphatic heterocycles. The topological polar surface area (TPSA) is 15.3 Å². The average Bonchev–Trinajstić information content (AvgIpc) is 2.80. The maximum atomic E-state index is 6.56. The number of hydrogen-bond donors (Lipinski definition) is 1. The molecule has 0 bridgehead atoms. The van der Waals surface area contributed by atoms with Gasteiger partial charge in [0.25, 0.3) is 0 Å². The van der Waals surface area contributed by atoms with Gasteiger partial charge < -0.3 is 5.32 Å². The Labute approximate surface area is 148 Å². The van der Waals surface area contributed by atoms with E-state index < -0.39 is 0 Å². The second-order valence-corrected chi connectivity index (χ2v) is 6.91. The van der Waals surface area contributed by atoms with Crippen LogP contribution < -0.4 is 5.32 Å². The minimum Gasteiger partial charge on any atom is -0.315 e. The Hall–Kier alpha value is -1.06. The molecule has 0 spiro atoms. The molecule has 0 radical (unpaired) electrons. The smallest absolute Gasteiger partial charge is 0.0619 e. The van der Waals surface area contributed by atoms with E-state index in [0.29, 0.717) is 5.02 Å². The van der Waals surface area contributed by atoms with E-state index in [1.807, 2.05) is 12.1 Å². The van der Waals surface area contributed by atoms with Crippen molar-refractivity contribution in [3.63, 3.8) is 0 Å². The highest BCUT2D eigenvalue weighted by molar-refractivity contribution is 6.35. The zero-order valence-electron chi connectivity index (χ0n) is 13.4. The highest BCUT2D eigenvalue weighted by atomic mass is 35.5. The Morgan fingerprint density at radius 3 is 2.61 bits per heavy atom. The third-order valence-electron chi connectivity index (χ3n) is 4.48. The number of benzene rings is 2. The first-order valence-corrected chi connectivity index (χ1v) is 8.87. The van der Waals surface area contributed by atoms with E-state index in [1.165, 1.54) is 11.1 Å². The number of nitrogens with zero attached hydrogens (tertiary/aromatic N) is 1. The monoisotopic (exact) mass is 348 g/mol. The minimum absolute atomic E-state index is 0.167. The number of halogens is 2. The zero-order valence-corrected chi connectivity index (χ0v) is 14.9. The summed E-state index contributed by atoms with van der Waals surface area (Å²) >= 11 is 12.7. The van der Waals surface area contributed by atoms with Gasteiger partial charge in [-0.25, -0.2) is 0 Å². The Kier molecular flexibility index (Phi) is 5.60. The fourth-order valence-electron chi connectivity index (χ4n) is 3.30. The second kappa shape index (κ2) is 7.67. The molecule has 4 heteroatoms. The van der Waals surface area contributed by atoms with E-state index >= 15 is 0 Å². The lowest BCUT2D eigenvalue weighted by molar-refractivity contribution is 0.240. The summed E-state index contributed by atoms with van der Waals surface area (Å²) in [6.45, 7) is 6.32. The first-order valence-electron chi connectivity index (χ1n) is 8.12. The zero-order chi connectivity index (χ0) is 16.2. The third kappa shape index (κ3) is 3.89. The number of rotatable bonds is 3. The van der Waals surface area contributed by atoms with Gasteiger partial charge in [-0.1, -0.05) is 53.5 Å². The van der Waals surface area contributed by atoms with E-state index in [4.69, 9.17) is 23.2 Å². The van der Waals surface area contributed by atoms with Gasteiger partial charge in [0, 0.05) is 29.7 Å². The fraction of sp³-hybridized carbons (Fsp3) is 0.368. The lowest BCUT2D eigenvalue weighted by Gasteiger charge is -2.33. The first kappa shape index (κ1) is 16.8. The van der Waals surface area contributed by atoms with Crippen molar-refractivity contribution < 1.29 is 0 Å². The summed E-state index contributed by atoms with van der Waals surface area (Å²) < 4.78 is 0. The predicted octanol–water partition coefficient (Wildman–Crippen LogP) is 4.69. The largest absolute Gasteiger partial charge is 0.315 e. The van der Waals surface area contributed by atoms with Gasteiger partial charge in [-0.15, -0.1) is 0 Å². The van der Waals surface area contributed by atoms with Crippen LogP contribution in [-0.2, 0) is 0 Å². The molecule has 1 saturated heterocycles. The summed E-state index contributed by atoms with van der Waals surface area (Å²) in [4.78, 5) is 2.53. The van der Waals surface area contributed by atoms with Crippen LogP contribution in [0.5, 0.6) is 0 Å². The molecular weight excluding hydrogens is 327 g/mol. The van der Waals surface area contributed by atoms with Gasteiger partial charge >= 0.3 is 0 Å². The van der Waals surface area contributed by atoms with Crippen molar-refractivity contribution in [1.82, 2.24) is 10.2 Å². The van der Waals surface area contributed by atoms with Crippen LogP contribution in [-0.4, -0.2) is 31.1 Å². The molecule has 2 aromatic rings. The summed E-state index contributed by atoms with van der Waals surface area (Å²) in [5, 5.41) is 4.90. The van der Waals surface area contributed by atoms with Crippen molar-refractivity contribution in [1.29, 1.82) is 0 Å². The highest BCUT2D eigenvalue weighted by Crippen LogP contribution is 2.36. The molecule has 2 aromatic carbocycles. The molecule has 122 valence electrons. The summed E-state index contributed by atoms with van der Waals surface area (Å²) in [7, 11) is 0. The number of hydrogen-bond acceptors (Lipinski definition) is 2. The van der Waals surface area contributed by atoms with Gasteiger partial charge in [0.15, 0.2) is 0 Å². The average molecular weight is 349 g/mol. The van der Waals surface area contributed by atoms with E-state index in [0.717, 1.165) is 43.2 Å².